The maximum atomic E-state index is 3.76. The molecular formula is C17H35N3. The van der Waals surface area contributed by atoms with Crippen LogP contribution in [0.5, 0.6) is 0 Å². The average molecular weight is 281 g/mol. The molecule has 118 valence electrons. The predicted molar refractivity (Wildman–Crippen MR) is 87.2 cm³/mol. The normalized spacial score (nSPS) is 27.8. The van der Waals surface area contributed by atoms with Crippen molar-refractivity contribution in [3.8, 4) is 0 Å². The fourth-order valence-electron chi connectivity index (χ4n) is 3.80. The van der Waals surface area contributed by atoms with Crippen LogP contribution in [-0.2, 0) is 0 Å². The van der Waals surface area contributed by atoms with Crippen LogP contribution in [0.4, 0.5) is 0 Å². The van der Waals surface area contributed by atoms with Crippen molar-refractivity contribution in [2.45, 2.75) is 57.9 Å². The monoisotopic (exact) mass is 281 g/mol. The number of nitrogens with zero attached hydrogens (tertiary/aromatic N) is 2. The van der Waals surface area contributed by atoms with Gasteiger partial charge in [-0.05, 0) is 77.7 Å². The highest BCUT2D eigenvalue weighted by molar-refractivity contribution is 4.83. The lowest BCUT2D eigenvalue weighted by Crippen LogP contribution is -2.36. The van der Waals surface area contributed by atoms with E-state index in [1.165, 1.54) is 84.2 Å². The van der Waals surface area contributed by atoms with Gasteiger partial charge in [0.2, 0.25) is 0 Å². The molecule has 0 spiro atoms. The van der Waals surface area contributed by atoms with Crippen molar-refractivity contribution in [3.05, 3.63) is 0 Å². The molecule has 1 heterocycles. The number of nitrogens with one attached hydrogen (secondary N) is 1. The fourth-order valence-corrected chi connectivity index (χ4v) is 3.80. The van der Waals surface area contributed by atoms with Crippen LogP contribution < -0.4 is 5.32 Å². The third-order valence-electron chi connectivity index (χ3n) is 5.19. The fraction of sp³-hybridized carbons (Fsp3) is 1.00. The molecule has 2 rings (SSSR count). The summed E-state index contributed by atoms with van der Waals surface area (Å²) in [7, 11) is 2.31. The van der Waals surface area contributed by atoms with Gasteiger partial charge < -0.3 is 15.1 Å². The molecule has 0 bridgehead atoms. The van der Waals surface area contributed by atoms with E-state index < -0.39 is 0 Å². The predicted octanol–water partition coefficient (Wildman–Crippen LogP) is 2.57. The first-order chi connectivity index (χ1) is 9.79. The highest BCUT2D eigenvalue weighted by Gasteiger charge is 2.26. The summed E-state index contributed by atoms with van der Waals surface area (Å²) in [6, 6.07) is 0.807. The molecule has 0 amide bonds. The van der Waals surface area contributed by atoms with Crippen LogP contribution in [0.1, 0.15) is 51.9 Å². The van der Waals surface area contributed by atoms with Crippen LogP contribution in [0.25, 0.3) is 0 Å². The molecule has 1 aliphatic heterocycles. The number of hydrogen-bond acceptors (Lipinski definition) is 3. The second kappa shape index (κ2) is 9.01. The molecule has 1 N–H and O–H groups in total. The summed E-state index contributed by atoms with van der Waals surface area (Å²) in [5.41, 5.74) is 0. The molecule has 0 aromatic heterocycles. The van der Waals surface area contributed by atoms with E-state index in [1.807, 2.05) is 0 Å². The molecule has 2 atom stereocenters. The van der Waals surface area contributed by atoms with Gasteiger partial charge in [-0.3, -0.25) is 0 Å². The van der Waals surface area contributed by atoms with E-state index in [0.29, 0.717) is 0 Å². The molecule has 2 unspecified atom stereocenters. The molecular weight excluding hydrogens is 246 g/mol. The largest absolute Gasteiger partial charge is 0.314 e. The Labute approximate surface area is 126 Å². The summed E-state index contributed by atoms with van der Waals surface area (Å²) in [6.45, 7) is 9.94. The van der Waals surface area contributed by atoms with Gasteiger partial charge in [-0.2, -0.15) is 0 Å². The van der Waals surface area contributed by atoms with Crippen LogP contribution in [-0.4, -0.2) is 62.2 Å². The zero-order chi connectivity index (χ0) is 14.2. The van der Waals surface area contributed by atoms with Crippen molar-refractivity contribution in [3.63, 3.8) is 0 Å². The molecule has 1 saturated heterocycles. The summed E-state index contributed by atoms with van der Waals surface area (Å²) in [5, 5.41) is 3.76. The standard InChI is InChI=1S/C17H35N3/c1-3-10-18-17-8-6-7-16(17)9-13-19(2)14-15-20-11-4-5-12-20/h16-18H,3-15H2,1-2H3. The Kier molecular flexibility index (Phi) is 7.32. The Morgan fingerprint density at radius 1 is 1.10 bits per heavy atom. The van der Waals surface area contributed by atoms with Crippen molar-refractivity contribution >= 4 is 0 Å². The third-order valence-corrected chi connectivity index (χ3v) is 5.19. The molecule has 3 heteroatoms. The van der Waals surface area contributed by atoms with Crippen LogP contribution in [0, 0.1) is 5.92 Å². The van der Waals surface area contributed by atoms with E-state index in [0.717, 1.165) is 12.0 Å². The summed E-state index contributed by atoms with van der Waals surface area (Å²) < 4.78 is 0. The Morgan fingerprint density at radius 3 is 2.65 bits per heavy atom. The zero-order valence-corrected chi connectivity index (χ0v) is 13.7. The minimum Gasteiger partial charge on any atom is -0.314 e. The van der Waals surface area contributed by atoms with Gasteiger partial charge in [0.05, 0.1) is 0 Å². The summed E-state index contributed by atoms with van der Waals surface area (Å²) >= 11 is 0. The van der Waals surface area contributed by atoms with Crippen LogP contribution >= 0.6 is 0 Å². The van der Waals surface area contributed by atoms with Crippen molar-refractivity contribution < 1.29 is 0 Å². The average Bonchev–Trinajstić information content (AvgIpc) is 3.11. The number of likely N-dealkylation sites (tertiary alicyclic amines) is 1. The van der Waals surface area contributed by atoms with Gasteiger partial charge in [-0.25, -0.2) is 0 Å². The quantitative estimate of drug-likeness (QED) is 0.701. The smallest absolute Gasteiger partial charge is 0.0109 e. The van der Waals surface area contributed by atoms with Gasteiger partial charge in [0.25, 0.3) is 0 Å². The van der Waals surface area contributed by atoms with E-state index >= 15 is 0 Å². The van der Waals surface area contributed by atoms with E-state index in [2.05, 4.69) is 29.1 Å². The molecule has 0 radical (unpaired) electrons. The zero-order valence-electron chi connectivity index (χ0n) is 13.7. The third kappa shape index (κ3) is 5.34. The number of likely N-dealkylation sites (N-methyl/N-ethyl adjacent to an activating group) is 1. The van der Waals surface area contributed by atoms with Crippen molar-refractivity contribution in [2.75, 3.05) is 46.3 Å². The van der Waals surface area contributed by atoms with Crippen LogP contribution in [0.2, 0.25) is 0 Å². The molecule has 0 aromatic carbocycles. The second-order valence-electron chi connectivity index (χ2n) is 6.89. The molecule has 2 aliphatic rings. The minimum atomic E-state index is 0.807. The van der Waals surface area contributed by atoms with Gasteiger partial charge in [0, 0.05) is 19.1 Å². The molecule has 2 fully saturated rings. The van der Waals surface area contributed by atoms with Gasteiger partial charge in [-0.1, -0.05) is 13.3 Å². The van der Waals surface area contributed by atoms with Crippen molar-refractivity contribution in [2.24, 2.45) is 5.92 Å². The lowest BCUT2D eigenvalue weighted by Gasteiger charge is -2.25. The SMILES string of the molecule is CCCNC1CCCC1CCN(C)CCN1CCCC1. The van der Waals surface area contributed by atoms with Gasteiger partial charge in [-0.15, -0.1) is 0 Å². The van der Waals surface area contributed by atoms with E-state index in [9.17, 15) is 0 Å². The Morgan fingerprint density at radius 2 is 1.90 bits per heavy atom. The summed E-state index contributed by atoms with van der Waals surface area (Å²) in [5.74, 6) is 0.927. The Hall–Kier alpha value is -0.120. The summed E-state index contributed by atoms with van der Waals surface area (Å²) in [6.07, 6.45) is 9.76. The highest BCUT2D eigenvalue weighted by Crippen LogP contribution is 2.28. The highest BCUT2D eigenvalue weighted by atomic mass is 15.2. The molecule has 20 heavy (non-hydrogen) atoms. The Bertz CT molecular complexity index is 251. The van der Waals surface area contributed by atoms with E-state index in [4.69, 9.17) is 0 Å². The first kappa shape index (κ1) is 16.3. The second-order valence-corrected chi connectivity index (χ2v) is 6.89. The summed E-state index contributed by atoms with van der Waals surface area (Å²) in [4.78, 5) is 5.17. The topological polar surface area (TPSA) is 18.5 Å². The molecule has 1 aliphatic carbocycles. The van der Waals surface area contributed by atoms with E-state index in [1.54, 1.807) is 0 Å². The van der Waals surface area contributed by atoms with Gasteiger partial charge in [0.15, 0.2) is 0 Å². The van der Waals surface area contributed by atoms with Crippen molar-refractivity contribution in [1.82, 2.24) is 15.1 Å². The number of hydrogen-bond donors (Lipinski definition) is 1. The maximum absolute atomic E-state index is 3.76. The molecule has 3 nitrogen and oxygen atoms in total. The first-order valence-corrected chi connectivity index (χ1v) is 8.94. The van der Waals surface area contributed by atoms with Crippen molar-refractivity contribution in [1.29, 1.82) is 0 Å². The van der Waals surface area contributed by atoms with Gasteiger partial charge >= 0.3 is 0 Å². The Balaban J connectivity index is 1.58. The van der Waals surface area contributed by atoms with Crippen LogP contribution in [0.3, 0.4) is 0 Å². The molecule has 0 aromatic rings. The first-order valence-electron chi connectivity index (χ1n) is 8.94. The van der Waals surface area contributed by atoms with Gasteiger partial charge in [0.1, 0.15) is 0 Å². The number of rotatable bonds is 9. The van der Waals surface area contributed by atoms with E-state index in [-0.39, 0.29) is 0 Å². The lowest BCUT2D eigenvalue weighted by molar-refractivity contribution is 0.237. The lowest BCUT2D eigenvalue weighted by atomic mass is 9.99. The van der Waals surface area contributed by atoms with Crippen LogP contribution in [0.15, 0.2) is 0 Å². The minimum absolute atomic E-state index is 0.807. The molecule has 1 saturated carbocycles. The maximum Gasteiger partial charge on any atom is 0.0109 e.